The number of fused-ring (bicyclic) bond motifs is 3. The lowest BCUT2D eigenvalue weighted by Crippen LogP contribution is -2.53. The van der Waals surface area contributed by atoms with Gasteiger partial charge in [0.2, 0.25) is 0 Å². The first-order chi connectivity index (χ1) is 25.9. The number of cyclic esters (lactones) is 1. The van der Waals surface area contributed by atoms with E-state index in [9.17, 15) is 19.2 Å². The van der Waals surface area contributed by atoms with Crippen LogP contribution >= 0.6 is 21.6 Å². The third kappa shape index (κ3) is 5.86. The molecule has 1 aromatic heterocycles. The number of carbonyl (C=O) groups excluding carboxylic acids is 4. The minimum Gasteiger partial charge on any atom is -0.427 e. The van der Waals surface area contributed by atoms with Gasteiger partial charge in [-0.05, 0) is 97.6 Å². The summed E-state index contributed by atoms with van der Waals surface area (Å²) in [6.45, 7) is 2.23. The summed E-state index contributed by atoms with van der Waals surface area (Å²) >= 11 is 0. The summed E-state index contributed by atoms with van der Waals surface area (Å²) in [6, 6.07) is 3.97. The van der Waals surface area contributed by atoms with Gasteiger partial charge in [0.05, 0.1) is 16.9 Å². The van der Waals surface area contributed by atoms with Crippen molar-refractivity contribution in [3.8, 4) is 0 Å². The zero-order chi connectivity index (χ0) is 36.3. The maximum Gasteiger partial charge on any atom is 0.340 e. The maximum absolute atomic E-state index is 14.7. The first-order valence-corrected chi connectivity index (χ1v) is 22.2. The number of rotatable bonds is 5. The van der Waals surface area contributed by atoms with Crippen LogP contribution in [0.5, 0.6) is 0 Å². The predicted molar refractivity (Wildman–Crippen MR) is 205 cm³/mol. The van der Waals surface area contributed by atoms with Crippen LogP contribution in [-0.4, -0.2) is 51.8 Å². The van der Waals surface area contributed by atoms with E-state index >= 15 is 0 Å². The standard InChI is InChI=1S/C42H47N3O6S2/c1-2-3-9-31-29-12-11-28-27-16-18-42(38(28)37(29)40(48)50-31)32-13-10-26(24-7-5-4-6-8-24)22-52-53-23-44-33-20-25(17-19-43-33)30(36(27)39(42)41(49)51-32)21-45-34(46)14-15-35(45)47/h9,13-15,17,19-20,24,26-28,30,38H,2-8,10-12,16,18,21-23H2,1H3,(H,43,44)/b31-9-,32-13+/t26-,27+,28+,30+,38-,42+/m1/s1. The van der Waals surface area contributed by atoms with Crippen LogP contribution in [0.2, 0.25) is 0 Å². The number of anilines is 1. The molecule has 0 aromatic carbocycles. The molecule has 6 atom stereocenters. The zero-order valence-electron chi connectivity index (χ0n) is 30.3. The first-order valence-electron chi connectivity index (χ1n) is 19.7. The number of hydrogen-bond donors (Lipinski definition) is 1. The molecule has 53 heavy (non-hydrogen) atoms. The highest BCUT2D eigenvalue weighted by atomic mass is 33.1. The molecule has 7 bridgehead atoms. The Morgan fingerprint density at radius 2 is 1.83 bits per heavy atom. The Balaban J connectivity index is 1.25. The van der Waals surface area contributed by atoms with Crippen molar-refractivity contribution in [1.29, 1.82) is 0 Å². The van der Waals surface area contributed by atoms with Crippen molar-refractivity contribution in [3.63, 3.8) is 0 Å². The monoisotopic (exact) mass is 753 g/mol. The van der Waals surface area contributed by atoms with Gasteiger partial charge in [0.1, 0.15) is 17.3 Å². The summed E-state index contributed by atoms with van der Waals surface area (Å²) in [6.07, 6.45) is 20.7. The number of carbonyl (C=O) groups is 4. The van der Waals surface area contributed by atoms with Crippen molar-refractivity contribution >= 4 is 51.2 Å². The van der Waals surface area contributed by atoms with Crippen molar-refractivity contribution in [1.82, 2.24) is 9.88 Å². The van der Waals surface area contributed by atoms with Crippen LogP contribution in [0, 0.1) is 35.0 Å². The third-order valence-electron chi connectivity index (χ3n) is 13.4. The number of aromatic nitrogens is 1. The largest absolute Gasteiger partial charge is 0.427 e. The van der Waals surface area contributed by atoms with Crippen LogP contribution < -0.4 is 5.32 Å². The van der Waals surface area contributed by atoms with Gasteiger partial charge in [-0.25, -0.2) is 14.6 Å². The maximum atomic E-state index is 14.7. The number of nitrogens with zero attached hydrogens (tertiary/aromatic N) is 2. The highest BCUT2D eigenvalue weighted by molar-refractivity contribution is 8.76. The van der Waals surface area contributed by atoms with Gasteiger partial charge in [-0.1, -0.05) is 67.0 Å². The molecule has 2 saturated carbocycles. The van der Waals surface area contributed by atoms with Crippen molar-refractivity contribution in [2.24, 2.45) is 35.0 Å². The number of allylic oxidation sites excluding steroid dienone is 4. The Bertz CT molecular complexity index is 1890. The predicted octanol–water partition coefficient (Wildman–Crippen LogP) is 8.15. The molecule has 1 spiro atoms. The minimum absolute atomic E-state index is 0.0366. The number of amides is 2. The van der Waals surface area contributed by atoms with E-state index in [1.54, 1.807) is 17.0 Å². The van der Waals surface area contributed by atoms with E-state index in [1.165, 1.54) is 49.2 Å². The minimum atomic E-state index is -0.828. The van der Waals surface area contributed by atoms with Crippen molar-refractivity contribution in [3.05, 3.63) is 82.0 Å². The number of unbranched alkanes of at least 4 members (excludes halogenated alkanes) is 1. The van der Waals surface area contributed by atoms with Crippen LogP contribution in [0.4, 0.5) is 5.82 Å². The molecule has 9 nitrogen and oxygen atoms in total. The summed E-state index contributed by atoms with van der Waals surface area (Å²) in [4.78, 5) is 61.0. The van der Waals surface area contributed by atoms with Gasteiger partial charge in [0, 0.05) is 53.6 Å². The summed E-state index contributed by atoms with van der Waals surface area (Å²) in [5, 5.41) is 3.51. The van der Waals surface area contributed by atoms with Gasteiger partial charge >= 0.3 is 11.9 Å². The lowest BCUT2D eigenvalue weighted by molar-refractivity contribution is -0.137. The SMILES string of the molecule is CCC/C=C1\OC(=O)C2=C1CC[C@H]1[C@@H]3CC[C@@]4(C5=C3[C@@H](CN3C(=O)C=CC3=O)c3ccnc(c3)NCSSC[C@H](C3CCCCC3)C/C=C\4OC5=O)[C@@H]21. The summed E-state index contributed by atoms with van der Waals surface area (Å²) in [5.41, 5.74) is 3.41. The van der Waals surface area contributed by atoms with Crippen LogP contribution in [0.15, 0.2) is 76.4 Å². The highest BCUT2D eigenvalue weighted by Crippen LogP contribution is 2.71. The Morgan fingerprint density at radius 3 is 2.64 bits per heavy atom. The van der Waals surface area contributed by atoms with E-state index in [0.29, 0.717) is 41.2 Å². The number of nitrogens with one attached hydrogen (secondary N) is 1. The van der Waals surface area contributed by atoms with Crippen molar-refractivity contribution in [2.75, 3.05) is 23.5 Å². The number of imide groups is 1. The van der Waals surface area contributed by atoms with E-state index in [-0.39, 0.29) is 48.1 Å². The number of hydrogen-bond acceptors (Lipinski definition) is 10. The normalized spacial score (nSPS) is 34.6. The lowest BCUT2D eigenvalue weighted by atomic mass is 9.43. The van der Waals surface area contributed by atoms with Gasteiger partial charge in [0.25, 0.3) is 11.8 Å². The van der Waals surface area contributed by atoms with E-state index in [2.05, 4.69) is 29.4 Å². The third-order valence-corrected chi connectivity index (χ3v) is 15.7. The van der Waals surface area contributed by atoms with Gasteiger partial charge in [-0.3, -0.25) is 14.5 Å². The molecule has 0 unspecified atom stereocenters. The Morgan fingerprint density at radius 1 is 1.00 bits per heavy atom. The van der Waals surface area contributed by atoms with E-state index in [0.717, 1.165) is 72.4 Å². The molecule has 11 heteroatoms. The molecule has 1 N–H and O–H groups in total. The average Bonchev–Trinajstić information content (AvgIpc) is 3.79. The smallest absolute Gasteiger partial charge is 0.340 e. The van der Waals surface area contributed by atoms with Crippen LogP contribution in [0.3, 0.4) is 0 Å². The molecule has 4 aliphatic heterocycles. The molecule has 5 heterocycles. The van der Waals surface area contributed by atoms with Gasteiger partial charge in [-0.2, -0.15) is 0 Å². The van der Waals surface area contributed by atoms with Crippen LogP contribution in [-0.2, 0) is 28.7 Å². The fourth-order valence-electron chi connectivity index (χ4n) is 11.2. The summed E-state index contributed by atoms with van der Waals surface area (Å²) < 4.78 is 12.6. The molecule has 2 amide bonds. The zero-order valence-corrected chi connectivity index (χ0v) is 31.9. The number of esters is 2. The van der Waals surface area contributed by atoms with Gasteiger partial charge < -0.3 is 14.8 Å². The molecule has 1 aromatic rings. The number of pyridine rings is 1. The lowest BCUT2D eigenvalue weighted by Gasteiger charge is -2.57. The fourth-order valence-corrected chi connectivity index (χ4v) is 13.4. The fraction of sp³-hybridized carbons (Fsp3) is 0.548. The van der Waals surface area contributed by atoms with Crippen molar-refractivity contribution < 1.29 is 28.7 Å². The summed E-state index contributed by atoms with van der Waals surface area (Å²) in [7, 11) is 3.67. The molecular formula is C42H47N3O6S2. The molecule has 0 radical (unpaired) electrons. The Kier molecular flexibility index (Phi) is 9.45. The average molecular weight is 754 g/mol. The molecule has 10 rings (SSSR count). The molecular weight excluding hydrogens is 707 g/mol. The number of ether oxygens (including phenoxy) is 2. The Hall–Kier alpha value is -3.57. The second-order valence-corrected chi connectivity index (χ2v) is 18.5. The molecule has 9 aliphatic rings. The molecule has 5 aliphatic carbocycles. The second kappa shape index (κ2) is 14.3. The van der Waals surface area contributed by atoms with Gasteiger partial charge in [-0.15, -0.1) is 0 Å². The molecule has 1 saturated heterocycles. The topological polar surface area (TPSA) is 115 Å². The first kappa shape index (κ1) is 35.2. The van der Waals surface area contributed by atoms with Crippen LogP contribution in [0.1, 0.15) is 95.5 Å². The second-order valence-electron chi connectivity index (χ2n) is 16.0. The van der Waals surface area contributed by atoms with Crippen molar-refractivity contribution in [2.45, 2.75) is 89.9 Å². The molecule has 278 valence electrons. The highest BCUT2D eigenvalue weighted by Gasteiger charge is 2.69. The summed E-state index contributed by atoms with van der Waals surface area (Å²) in [5.74, 6) is 2.85. The Labute approximate surface area is 318 Å². The van der Waals surface area contributed by atoms with Gasteiger partial charge in [0.15, 0.2) is 0 Å². The van der Waals surface area contributed by atoms with Crippen LogP contribution in [0.25, 0.3) is 0 Å². The van der Waals surface area contributed by atoms with E-state index in [4.69, 9.17) is 9.47 Å². The molecule has 3 fully saturated rings. The quantitative estimate of drug-likeness (QED) is 0.180. The van der Waals surface area contributed by atoms with E-state index in [1.807, 2.05) is 22.9 Å². The van der Waals surface area contributed by atoms with E-state index < -0.39 is 11.3 Å².